The lowest BCUT2D eigenvalue weighted by molar-refractivity contribution is -0.121. The molecule has 1 amide bonds. The Kier molecular flexibility index (Phi) is 4.84. The number of anilines is 1. The van der Waals surface area contributed by atoms with Crippen molar-refractivity contribution in [2.75, 3.05) is 18.4 Å². The van der Waals surface area contributed by atoms with Crippen molar-refractivity contribution < 1.29 is 9.18 Å². The average Bonchev–Trinajstić information content (AvgIpc) is 3.02. The molecule has 0 bridgehead atoms. The van der Waals surface area contributed by atoms with Crippen molar-refractivity contribution >= 4 is 11.6 Å². The molecule has 1 aromatic carbocycles. The molecule has 128 valence electrons. The Morgan fingerprint density at radius 3 is 2.54 bits per heavy atom. The van der Waals surface area contributed by atoms with Crippen molar-refractivity contribution in [2.24, 2.45) is 13.0 Å². The van der Waals surface area contributed by atoms with Crippen molar-refractivity contribution in [2.45, 2.75) is 25.8 Å². The Morgan fingerprint density at radius 1 is 1.29 bits per heavy atom. The fraction of sp³-hybridized carbons (Fsp3) is 0.500. The monoisotopic (exact) mass is 332 g/mol. The van der Waals surface area contributed by atoms with Crippen molar-refractivity contribution in [3.8, 4) is 0 Å². The van der Waals surface area contributed by atoms with Gasteiger partial charge in [-0.2, -0.15) is 0 Å². The molecule has 1 aliphatic heterocycles. The SMILES string of the molecule is C[C@@H](c1nnnn1C)N1CCC(C(=O)Nc2ccc(F)cc2)CC1. The van der Waals surface area contributed by atoms with Crippen LogP contribution in [0.25, 0.3) is 0 Å². The van der Waals surface area contributed by atoms with Gasteiger partial charge in [0.1, 0.15) is 5.82 Å². The van der Waals surface area contributed by atoms with E-state index in [-0.39, 0.29) is 23.7 Å². The second-order valence-electron chi connectivity index (χ2n) is 6.14. The molecule has 0 unspecified atom stereocenters. The fourth-order valence-electron chi connectivity index (χ4n) is 3.08. The first-order valence-electron chi connectivity index (χ1n) is 8.07. The van der Waals surface area contributed by atoms with E-state index in [1.807, 2.05) is 7.05 Å². The number of hydrogen-bond donors (Lipinski definition) is 1. The summed E-state index contributed by atoms with van der Waals surface area (Å²) in [6.07, 6.45) is 1.56. The molecule has 1 aliphatic rings. The van der Waals surface area contributed by atoms with Gasteiger partial charge < -0.3 is 5.32 Å². The number of piperidine rings is 1. The second-order valence-corrected chi connectivity index (χ2v) is 6.14. The minimum atomic E-state index is -0.312. The first kappa shape index (κ1) is 16.5. The molecular weight excluding hydrogens is 311 g/mol. The Morgan fingerprint density at radius 2 is 1.96 bits per heavy atom. The molecule has 0 aliphatic carbocycles. The number of benzene rings is 1. The van der Waals surface area contributed by atoms with E-state index in [1.54, 1.807) is 16.8 Å². The van der Waals surface area contributed by atoms with Gasteiger partial charge >= 0.3 is 0 Å². The van der Waals surface area contributed by atoms with E-state index < -0.39 is 0 Å². The molecule has 1 aromatic heterocycles. The number of aromatic nitrogens is 4. The molecule has 1 atom stereocenters. The smallest absolute Gasteiger partial charge is 0.227 e. The van der Waals surface area contributed by atoms with Crippen LogP contribution in [0.3, 0.4) is 0 Å². The third-order valence-corrected chi connectivity index (χ3v) is 4.59. The first-order chi connectivity index (χ1) is 11.5. The number of amides is 1. The summed E-state index contributed by atoms with van der Waals surface area (Å²) in [6.45, 7) is 3.70. The standard InChI is InChI=1S/C16H21FN6O/c1-11(15-19-20-21-22(15)2)23-9-7-12(8-10-23)16(24)18-14-5-3-13(17)4-6-14/h3-6,11-12H,7-10H2,1-2H3,(H,18,24)/t11-/m0/s1. The average molecular weight is 332 g/mol. The topological polar surface area (TPSA) is 75.9 Å². The zero-order chi connectivity index (χ0) is 17.1. The lowest BCUT2D eigenvalue weighted by Gasteiger charge is -2.34. The summed E-state index contributed by atoms with van der Waals surface area (Å²) < 4.78 is 14.6. The number of rotatable bonds is 4. The number of carbonyl (C=O) groups is 1. The van der Waals surface area contributed by atoms with E-state index in [4.69, 9.17) is 0 Å². The largest absolute Gasteiger partial charge is 0.326 e. The van der Waals surface area contributed by atoms with E-state index in [0.29, 0.717) is 5.69 Å². The molecule has 8 heteroatoms. The van der Waals surface area contributed by atoms with Gasteiger partial charge in [0.2, 0.25) is 5.91 Å². The highest BCUT2D eigenvalue weighted by Gasteiger charge is 2.29. The molecule has 24 heavy (non-hydrogen) atoms. The van der Waals surface area contributed by atoms with Crippen LogP contribution >= 0.6 is 0 Å². The molecule has 0 radical (unpaired) electrons. The van der Waals surface area contributed by atoms with Crippen LogP contribution in [0.5, 0.6) is 0 Å². The lowest BCUT2D eigenvalue weighted by atomic mass is 9.94. The number of halogens is 1. The molecule has 1 saturated heterocycles. The zero-order valence-electron chi connectivity index (χ0n) is 13.8. The van der Waals surface area contributed by atoms with E-state index >= 15 is 0 Å². The van der Waals surface area contributed by atoms with Crippen molar-refractivity contribution in [3.05, 3.63) is 35.9 Å². The van der Waals surface area contributed by atoms with Crippen LogP contribution in [0, 0.1) is 11.7 Å². The van der Waals surface area contributed by atoms with E-state index in [1.165, 1.54) is 12.1 Å². The molecule has 3 rings (SSSR count). The predicted molar refractivity (Wildman–Crippen MR) is 86.5 cm³/mol. The van der Waals surface area contributed by atoms with Crippen LogP contribution < -0.4 is 5.32 Å². The van der Waals surface area contributed by atoms with Crippen LogP contribution in [0.15, 0.2) is 24.3 Å². The summed E-state index contributed by atoms with van der Waals surface area (Å²) in [7, 11) is 1.83. The Labute approximate surface area is 139 Å². The summed E-state index contributed by atoms with van der Waals surface area (Å²) >= 11 is 0. The van der Waals surface area contributed by atoms with Gasteiger partial charge in [-0.15, -0.1) is 5.10 Å². The molecule has 2 aromatic rings. The molecule has 0 saturated carbocycles. The van der Waals surface area contributed by atoms with Gasteiger partial charge in [-0.05, 0) is 67.5 Å². The number of nitrogens with one attached hydrogen (secondary N) is 1. The minimum Gasteiger partial charge on any atom is -0.326 e. The van der Waals surface area contributed by atoms with Crippen molar-refractivity contribution in [1.29, 1.82) is 0 Å². The summed E-state index contributed by atoms with van der Waals surface area (Å²) in [4.78, 5) is 14.6. The summed E-state index contributed by atoms with van der Waals surface area (Å²) in [5.74, 6) is 0.475. The number of tetrazole rings is 1. The van der Waals surface area contributed by atoms with Gasteiger partial charge in [0.15, 0.2) is 5.82 Å². The van der Waals surface area contributed by atoms with E-state index in [2.05, 4.69) is 32.7 Å². The third kappa shape index (κ3) is 3.59. The highest BCUT2D eigenvalue weighted by molar-refractivity contribution is 5.92. The maximum Gasteiger partial charge on any atom is 0.227 e. The predicted octanol–water partition coefficient (Wildman–Crippen LogP) is 1.76. The van der Waals surface area contributed by atoms with E-state index in [9.17, 15) is 9.18 Å². The Balaban J connectivity index is 1.54. The van der Waals surface area contributed by atoms with Gasteiger partial charge in [0.05, 0.1) is 6.04 Å². The van der Waals surface area contributed by atoms with Crippen LogP contribution in [0.4, 0.5) is 10.1 Å². The number of aryl methyl sites for hydroxylation is 1. The fourth-order valence-corrected chi connectivity index (χ4v) is 3.08. The minimum absolute atomic E-state index is 0.00534. The van der Waals surface area contributed by atoms with Gasteiger partial charge in [-0.25, -0.2) is 9.07 Å². The van der Waals surface area contributed by atoms with Gasteiger partial charge in [-0.3, -0.25) is 9.69 Å². The highest BCUT2D eigenvalue weighted by Crippen LogP contribution is 2.26. The van der Waals surface area contributed by atoms with Gasteiger partial charge in [-0.1, -0.05) is 0 Å². The molecule has 7 nitrogen and oxygen atoms in total. The van der Waals surface area contributed by atoms with Crippen LogP contribution in [-0.4, -0.2) is 44.1 Å². The summed E-state index contributed by atoms with van der Waals surface area (Å²) in [6, 6.07) is 5.95. The Hall–Kier alpha value is -2.35. The van der Waals surface area contributed by atoms with Crippen LogP contribution in [-0.2, 0) is 11.8 Å². The molecular formula is C16H21FN6O. The van der Waals surface area contributed by atoms with E-state index in [0.717, 1.165) is 31.8 Å². The Bertz CT molecular complexity index is 693. The van der Waals surface area contributed by atoms with Crippen LogP contribution in [0.2, 0.25) is 0 Å². The first-order valence-corrected chi connectivity index (χ1v) is 8.07. The van der Waals surface area contributed by atoms with Gasteiger partial charge in [0.25, 0.3) is 0 Å². The number of carbonyl (C=O) groups excluding carboxylic acids is 1. The van der Waals surface area contributed by atoms with Crippen LogP contribution in [0.1, 0.15) is 31.6 Å². The lowest BCUT2D eigenvalue weighted by Crippen LogP contribution is -2.40. The van der Waals surface area contributed by atoms with Gasteiger partial charge in [0, 0.05) is 18.7 Å². The molecule has 0 spiro atoms. The maximum absolute atomic E-state index is 12.9. The summed E-state index contributed by atoms with van der Waals surface area (Å²) in [5, 5.41) is 14.5. The third-order valence-electron chi connectivity index (χ3n) is 4.59. The summed E-state index contributed by atoms with van der Waals surface area (Å²) in [5.41, 5.74) is 0.627. The number of likely N-dealkylation sites (tertiary alicyclic amines) is 1. The maximum atomic E-state index is 12.9. The normalized spacial score (nSPS) is 17.6. The molecule has 2 heterocycles. The quantitative estimate of drug-likeness (QED) is 0.923. The highest BCUT2D eigenvalue weighted by atomic mass is 19.1. The number of hydrogen-bond acceptors (Lipinski definition) is 5. The number of nitrogens with zero attached hydrogens (tertiary/aromatic N) is 5. The van der Waals surface area contributed by atoms with Crippen molar-refractivity contribution in [1.82, 2.24) is 25.1 Å². The molecule has 1 fully saturated rings. The zero-order valence-corrected chi connectivity index (χ0v) is 13.8. The second kappa shape index (κ2) is 7.04. The van der Waals surface area contributed by atoms with Crippen molar-refractivity contribution in [3.63, 3.8) is 0 Å². The molecule has 1 N–H and O–H groups in total.